The van der Waals surface area contributed by atoms with Crippen LogP contribution in [0.25, 0.3) is 11.3 Å². The number of hydrogen-bond acceptors (Lipinski definition) is 4. The van der Waals surface area contributed by atoms with Crippen LogP contribution in [-0.2, 0) is 11.3 Å². The normalized spacial score (nSPS) is 12.2. The van der Waals surface area contributed by atoms with Gasteiger partial charge in [-0.15, -0.1) is 11.3 Å². The average Bonchev–Trinajstić information content (AvgIpc) is 3.12. The number of thiazole rings is 1. The number of carbonyl (C=O) groups excluding carboxylic acids is 1. The molecule has 1 heterocycles. The van der Waals surface area contributed by atoms with E-state index in [1.165, 1.54) is 17.4 Å². The number of amides is 1. The molecule has 140 valence electrons. The summed E-state index contributed by atoms with van der Waals surface area (Å²) in [6.07, 6.45) is 0. The number of benzene rings is 2. The van der Waals surface area contributed by atoms with Crippen molar-refractivity contribution in [3.63, 3.8) is 0 Å². The first kappa shape index (κ1) is 19.1. The minimum absolute atomic E-state index is 0.181. The van der Waals surface area contributed by atoms with E-state index in [4.69, 9.17) is 0 Å². The second kappa shape index (κ2) is 8.37. The summed E-state index contributed by atoms with van der Waals surface area (Å²) in [5.41, 5.74) is 2.06. The maximum absolute atomic E-state index is 13.4. The molecule has 0 aliphatic heterocycles. The lowest BCUT2D eigenvalue weighted by Crippen LogP contribution is -2.39. The van der Waals surface area contributed by atoms with Crippen LogP contribution in [0.3, 0.4) is 0 Å². The number of carbonyl (C=O) groups is 1. The summed E-state index contributed by atoms with van der Waals surface area (Å²) in [5.74, 6) is -2.01. The van der Waals surface area contributed by atoms with Crippen molar-refractivity contribution in [1.82, 2.24) is 9.88 Å². The van der Waals surface area contributed by atoms with Crippen molar-refractivity contribution < 1.29 is 13.6 Å². The highest BCUT2D eigenvalue weighted by Gasteiger charge is 2.19. The van der Waals surface area contributed by atoms with Gasteiger partial charge in [-0.2, -0.15) is 0 Å². The summed E-state index contributed by atoms with van der Waals surface area (Å²) < 4.78 is 26.4. The fourth-order valence-corrected chi connectivity index (χ4v) is 3.26. The minimum atomic E-state index is -0.928. The molecule has 1 atom stereocenters. The van der Waals surface area contributed by atoms with Crippen molar-refractivity contribution in [3.8, 4) is 11.3 Å². The van der Waals surface area contributed by atoms with Gasteiger partial charge in [0.1, 0.15) is 0 Å². The van der Waals surface area contributed by atoms with Crippen molar-refractivity contribution in [3.05, 3.63) is 71.1 Å². The Kier molecular flexibility index (Phi) is 5.93. The van der Waals surface area contributed by atoms with Crippen molar-refractivity contribution in [1.29, 1.82) is 0 Å². The third-order valence-electron chi connectivity index (χ3n) is 4.27. The predicted octanol–water partition coefficient (Wildman–Crippen LogP) is 4.55. The van der Waals surface area contributed by atoms with Gasteiger partial charge in [0.05, 0.1) is 11.7 Å². The molecule has 4 nitrogen and oxygen atoms in total. The van der Waals surface area contributed by atoms with E-state index in [1.54, 1.807) is 5.38 Å². The zero-order valence-electron chi connectivity index (χ0n) is 14.9. The zero-order chi connectivity index (χ0) is 19.4. The fraction of sp³-hybridized carbons (Fsp3) is 0.200. The molecule has 1 amide bonds. The molecule has 1 aromatic heterocycles. The number of hydrogen-bond donors (Lipinski definition) is 1. The molecule has 1 N–H and O–H groups in total. The summed E-state index contributed by atoms with van der Waals surface area (Å²) in [6.45, 7) is 2.47. The van der Waals surface area contributed by atoms with Gasteiger partial charge in [0.25, 0.3) is 0 Å². The monoisotopic (exact) mass is 387 g/mol. The van der Waals surface area contributed by atoms with E-state index in [9.17, 15) is 13.6 Å². The van der Waals surface area contributed by atoms with Crippen molar-refractivity contribution in [2.75, 3.05) is 12.4 Å². The molecule has 0 bridgehead atoms. The van der Waals surface area contributed by atoms with E-state index < -0.39 is 11.6 Å². The van der Waals surface area contributed by atoms with Gasteiger partial charge >= 0.3 is 0 Å². The van der Waals surface area contributed by atoms with Gasteiger partial charge in [-0.25, -0.2) is 13.8 Å². The lowest BCUT2D eigenvalue weighted by molar-refractivity contribution is -0.120. The quantitative estimate of drug-likeness (QED) is 0.675. The number of nitrogens with one attached hydrogen (secondary N) is 1. The second-order valence-corrected chi connectivity index (χ2v) is 7.09. The smallest absolute Gasteiger partial charge is 0.243 e. The summed E-state index contributed by atoms with van der Waals surface area (Å²) in [4.78, 5) is 18.7. The molecule has 0 fully saturated rings. The number of likely N-dealkylation sites (N-methyl/N-ethyl adjacent to an activating group) is 1. The van der Waals surface area contributed by atoms with Crippen LogP contribution in [-0.4, -0.2) is 28.9 Å². The molecule has 0 radical (unpaired) electrons. The molecule has 3 aromatic rings. The molecule has 0 saturated heterocycles. The highest BCUT2D eigenvalue weighted by Crippen LogP contribution is 2.26. The molecule has 0 spiro atoms. The van der Waals surface area contributed by atoms with E-state index >= 15 is 0 Å². The van der Waals surface area contributed by atoms with Crippen LogP contribution in [0.5, 0.6) is 0 Å². The minimum Gasteiger partial charge on any atom is -0.301 e. The molecule has 27 heavy (non-hydrogen) atoms. The Hall–Kier alpha value is -2.64. The average molecular weight is 387 g/mol. The van der Waals surface area contributed by atoms with Crippen LogP contribution in [0.15, 0.2) is 53.9 Å². The summed E-state index contributed by atoms with van der Waals surface area (Å²) in [6, 6.07) is 13.1. The van der Waals surface area contributed by atoms with Gasteiger partial charge in [-0.3, -0.25) is 9.69 Å². The highest BCUT2D eigenvalue weighted by molar-refractivity contribution is 7.14. The third-order valence-corrected chi connectivity index (χ3v) is 5.02. The summed E-state index contributed by atoms with van der Waals surface area (Å²) in [5, 5.41) is 4.89. The number of anilines is 1. The molecular weight excluding hydrogens is 368 g/mol. The Morgan fingerprint density at radius 1 is 1.19 bits per heavy atom. The van der Waals surface area contributed by atoms with Crippen LogP contribution in [0.2, 0.25) is 0 Å². The standard InChI is InChI=1S/C20H19F2N3OS/c1-13(25(2)11-14-6-4-3-5-7-14)19(26)24-20-23-18(12-27-20)15-8-9-16(21)17(22)10-15/h3-10,12-13H,11H2,1-2H3,(H,23,24,26)/t13-/m0/s1. The van der Waals surface area contributed by atoms with Gasteiger partial charge in [0, 0.05) is 17.5 Å². The second-order valence-electron chi connectivity index (χ2n) is 6.23. The van der Waals surface area contributed by atoms with Gasteiger partial charge in [-0.05, 0) is 37.7 Å². The maximum Gasteiger partial charge on any atom is 0.243 e. The van der Waals surface area contributed by atoms with E-state index in [0.29, 0.717) is 22.9 Å². The fourth-order valence-electron chi connectivity index (χ4n) is 2.54. The number of nitrogens with zero attached hydrogens (tertiary/aromatic N) is 2. The van der Waals surface area contributed by atoms with Gasteiger partial charge in [0.2, 0.25) is 5.91 Å². The number of halogens is 2. The van der Waals surface area contributed by atoms with Gasteiger partial charge < -0.3 is 5.32 Å². The summed E-state index contributed by atoms with van der Waals surface area (Å²) in [7, 11) is 1.88. The third kappa shape index (κ3) is 4.75. The van der Waals surface area contributed by atoms with Crippen molar-refractivity contribution in [2.45, 2.75) is 19.5 Å². The Balaban J connectivity index is 1.63. The van der Waals surface area contributed by atoms with Crippen molar-refractivity contribution >= 4 is 22.4 Å². The summed E-state index contributed by atoms with van der Waals surface area (Å²) >= 11 is 1.24. The molecule has 7 heteroatoms. The van der Waals surface area contributed by atoms with Crippen molar-refractivity contribution in [2.24, 2.45) is 0 Å². The molecule has 3 rings (SSSR count). The first-order valence-electron chi connectivity index (χ1n) is 8.40. The first-order valence-corrected chi connectivity index (χ1v) is 9.28. The Bertz CT molecular complexity index is 930. The lowest BCUT2D eigenvalue weighted by Gasteiger charge is -2.23. The van der Waals surface area contributed by atoms with E-state index in [0.717, 1.165) is 17.7 Å². The van der Waals surface area contributed by atoms with E-state index in [-0.39, 0.29) is 11.9 Å². The van der Waals surface area contributed by atoms with Crippen LogP contribution >= 0.6 is 11.3 Å². The first-order chi connectivity index (χ1) is 12.9. The lowest BCUT2D eigenvalue weighted by atomic mass is 10.2. The SMILES string of the molecule is C[C@@H](C(=O)Nc1nc(-c2ccc(F)c(F)c2)cs1)N(C)Cc1ccccc1. The topological polar surface area (TPSA) is 45.2 Å². The van der Waals surface area contributed by atoms with Gasteiger partial charge in [-0.1, -0.05) is 30.3 Å². The molecular formula is C20H19F2N3OS. The van der Waals surface area contributed by atoms with E-state index in [1.807, 2.05) is 49.2 Å². The van der Waals surface area contributed by atoms with Crippen LogP contribution < -0.4 is 5.32 Å². The van der Waals surface area contributed by atoms with Gasteiger partial charge in [0.15, 0.2) is 16.8 Å². The van der Waals surface area contributed by atoms with E-state index in [2.05, 4.69) is 10.3 Å². The molecule has 0 aliphatic rings. The highest BCUT2D eigenvalue weighted by atomic mass is 32.1. The Morgan fingerprint density at radius 3 is 2.63 bits per heavy atom. The largest absolute Gasteiger partial charge is 0.301 e. The zero-order valence-corrected chi connectivity index (χ0v) is 15.8. The predicted molar refractivity (Wildman–Crippen MR) is 103 cm³/mol. The maximum atomic E-state index is 13.4. The van der Waals surface area contributed by atoms with Crippen LogP contribution in [0, 0.1) is 11.6 Å². The molecule has 0 saturated carbocycles. The van der Waals surface area contributed by atoms with Crippen LogP contribution in [0.4, 0.5) is 13.9 Å². The molecule has 2 aromatic carbocycles. The van der Waals surface area contributed by atoms with Crippen LogP contribution in [0.1, 0.15) is 12.5 Å². The molecule has 0 aliphatic carbocycles. The molecule has 0 unspecified atom stereocenters. The Labute approximate surface area is 160 Å². The number of rotatable bonds is 6. The number of aromatic nitrogens is 1. The Morgan fingerprint density at radius 2 is 1.93 bits per heavy atom.